The van der Waals surface area contributed by atoms with Crippen LogP contribution in [0.2, 0.25) is 0 Å². The second kappa shape index (κ2) is 8.15. The van der Waals surface area contributed by atoms with Crippen molar-refractivity contribution in [3.8, 4) is 11.8 Å². The number of sulfonamides is 1. The third kappa shape index (κ3) is 5.36. The van der Waals surface area contributed by atoms with E-state index in [1.54, 1.807) is 19.9 Å². The van der Waals surface area contributed by atoms with Gasteiger partial charge in [-0.05, 0) is 44.9 Å². The van der Waals surface area contributed by atoms with Gasteiger partial charge in [-0.25, -0.2) is 18.4 Å². The zero-order valence-corrected chi connectivity index (χ0v) is 16.6. The predicted octanol–water partition coefficient (Wildman–Crippen LogP) is 3.22. The number of rotatable bonds is 5. The highest BCUT2D eigenvalue weighted by Gasteiger charge is 2.37. The Balaban J connectivity index is 1.81. The quantitative estimate of drug-likeness (QED) is 0.723. The Morgan fingerprint density at radius 2 is 1.79 bits per heavy atom. The highest BCUT2D eigenvalue weighted by Crippen LogP contribution is 2.32. The lowest BCUT2D eigenvalue weighted by Gasteiger charge is -2.32. The van der Waals surface area contributed by atoms with Crippen LogP contribution in [0.4, 0.5) is 13.2 Å². The van der Waals surface area contributed by atoms with Crippen LogP contribution in [-0.2, 0) is 10.0 Å². The van der Waals surface area contributed by atoms with Crippen LogP contribution < -0.4 is 9.47 Å². The number of hydrogen-bond acceptors (Lipinski definition) is 6. The van der Waals surface area contributed by atoms with E-state index < -0.39 is 33.1 Å². The minimum absolute atomic E-state index is 0.0287. The van der Waals surface area contributed by atoms with E-state index >= 15 is 0 Å². The van der Waals surface area contributed by atoms with Crippen molar-refractivity contribution in [1.82, 2.24) is 14.3 Å². The number of nitrogens with zero attached hydrogens (tertiary/aromatic N) is 3. The Morgan fingerprint density at radius 1 is 1.14 bits per heavy atom. The molecule has 1 aromatic heterocycles. The van der Waals surface area contributed by atoms with Crippen molar-refractivity contribution in [3.05, 3.63) is 41.7 Å². The molecular formula is C18H20F3N3O4S. The summed E-state index contributed by atoms with van der Waals surface area (Å²) >= 11 is 0. The molecule has 0 spiro atoms. The van der Waals surface area contributed by atoms with E-state index in [0.29, 0.717) is 24.2 Å². The number of aryl methyl sites for hydroxylation is 2. The molecule has 11 heteroatoms. The molecule has 1 saturated heterocycles. The third-order valence-electron chi connectivity index (χ3n) is 4.27. The Hall–Kier alpha value is -2.40. The maximum absolute atomic E-state index is 13.0. The van der Waals surface area contributed by atoms with Crippen molar-refractivity contribution in [2.75, 3.05) is 13.1 Å². The van der Waals surface area contributed by atoms with Gasteiger partial charge in [0.2, 0.25) is 10.0 Å². The summed E-state index contributed by atoms with van der Waals surface area (Å²) in [5, 5.41) is 0. The molecule has 1 unspecified atom stereocenters. The molecule has 0 bridgehead atoms. The first kappa shape index (κ1) is 21.3. The lowest BCUT2D eigenvalue weighted by molar-refractivity contribution is -0.275. The standard InChI is InChI=1S/C18H20F3N3O4S/c1-12-10-13(2)23-17(22-12)27-14-6-5-9-24(11-14)29(25,26)16-8-4-3-7-15(16)28-18(19,20)21/h3-4,7-8,10,14H,5-6,9,11H2,1-2H3. The number of aromatic nitrogens is 2. The largest absolute Gasteiger partial charge is 0.573 e. The highest BCUT2D eigenvalue weighted by molar-refractivity contribution is 7.89. The zero-order valence-electron chi connectivity index (χ0n) is 15.8. The van der Waals surface area contributed by atoms with Crippen LogP contribution in [0, 0.1) is 13.8 Å². The molecule has 158 valence electrons. The smallest absolute Gasteiger partial charge is 0.459 e. The first-order valence-corrected chi connectivity index (χ1v) is 10.3. The number of ether oxygens (including phenoxy) is 2. The van der Waals surface area contributed by atoms with Crippen LogP contribution in [0.15, 0.2) is 35.2 Å². The topological polar surface area (TPSA) is 81.6 Å². The monoisotopic (exact) mass is 431 g/mol. The molecule has 1 aliphatic rings. The lowest BCUT2D eigenvalue weighted by atomic mass is 10.1. The van der Waals surface area contributed by atoms with Crippen molar-refractivity contribution in [1.29, 1.82) is 0 Å². The number of halogens is 3. The second-order valence-electron chi connectivity index (χ2n) is 6.67. The molecule has 0 N–H and O–H groups in total. The summed E-state index contributed by atoms with van der Waals surface area (Å²) in [6, 6.07) is 6.61. The zero-order chi connectivity index (χ0) is 21.2. The lowest BCUT2D eigenvalue weighted by Crippen LogP contribution is -2.44. The van der Waals surface area contributed by atoms with E-state index in [1.165, 1.54) is 12.1 Å². The number of piperidine rings is 1. The molecule has 1 atom stereocenters. The van der Waals surface area contributed by atoms with Crippen molar-refractivity contribution in [2.45, 2.75) is 44.1 Å². The molecule has 1 fully saturated rings. The number of benzene rings is 1. The number of para-hydroxylation sites is 1. The van der Waals surface area contributed by atoms with Gasteiger partial charge in [-0.15, -0.1) is 13.2 Å². The molecular weight excluding hydrogens is 411 g/mol. The average molecular weight is 431 g/mol. The first-order chi connectivity index (χ1) is 13.5. The Labute approximate surface area is 166 Å². The van der Waals surface area contributed by atoms with Crippen LogP contribution in [0.5, 0.6) is 11.8 Å². The van der Waals surface area contributed by atoms with Gasteiger partial charge in [0.05, 0.1) is 6.54 Å². The van der Waals surface area contributed by atoms with Crippen LogP contribution >= 0.6 is 0 Å². The number of hydrogen-bond donors (Lipinski definition) is 0. The summed E-state index contributed by atoms with van der Waals surface area (Å²) in [7, 11) is -4.22. The van der Waals surface area contributed by atoms with Gasteiger partial charge in [-0.3, -0.25) is 0 Å². The van der Waals surface area contributed by atoms with E-state index in [4.69, 9.17) is 4.74 Å². The van der Waals surface area contributed by atoms with Gasteiger partial charge in [0.1, 0.15) is 16.7 Å². The summed E-state index contributed by atoms with van der Waals surface area (Å²) in [4.78, 5) is 7.82. The molecule has 0 radical (unpaired) electrons. The maximum atomic E-state index is 13.0. The molecule has 2 heterocycles. The number of alkyl halides is 3. The van der Waals surface area contributed by atoms with E-state index in [2.05, 4.69) is 14.7 Å². The summed E-state index contributed by atoms with van der Waals surface area (Å²) in [6.07, 6.45) is -4.46. The van der Waals surface area contributed by atoms with E-state index in [1.807, 2.05) is 0 Å². The van der Waals surface area contributed by atoms with Gasteiger partial charge in [-0.1, -0.05) is 12.1 Å². The van der Waals surface area contributed by atoms with Gasteiger partial charge in [0.15, 0.2) is 0 Å². The molecule has 1 aromatic carbocycles. The Morgan fingerprint density at radius 3 is 2.45 bits per heavy atom. The Kier molecular flexibility index (Phi) is 5.99. The van der Waals surface area contributed by atoms with Crippen LogP contribution in [0.25, 0.3) is 0 Å². The van der Waals surface area contributed by atoms with Crippen LogP contribution in [-0.4, -0.2) is 48.2 Å². The van der Waals surface area contributed by atoms with E-state index in [9.17, 15) is 21.6 Å². The van der Waals surface area contributed by atoms with Crippen LogP contribution in [0.1, 0.15) is 24.2 Å². The summed E-state index contributed by atoms with van der Waals surface area (Å²) in [6.45, 7) is 3.71. The third-order valence-corrected chi connectivity index (χ3v) is 6.17. The minimum Gasteiger partial charge on any atom is -0.459 e. The van der Waals surface area contributed by atoms with Crippen molar-refractivity contribution in [2.24, 2.45) is 0 Å². The van der Waals surface area contributed by atoms with Crippen LogP contribution in [0.3, 0.4) is 0 Å². The van der Waals surface area contributed by atoms with Crippen molar-refractivity contribution in [3.63, 3.8) is 0 Å². The molecule has 7 nitrogen and oxygen atoms in total. The molecule has 1 aliphatic heterocycles. The fourth-order valence-electron chi connectivity index (χ4n) is 3.13. The first-order valence-electron chi connectivity index (χ1n) is 8.88. The summed E-state index contributed by atoms with van der Waals surface area (Å²) in [5.74, 6) is -0.763. The predicted molar refractivity (Wildman–Crippen MR) is 97.0 cm³/mol. The minimum atomic E-state index is -5.00. The van der Waals surface area contributed by atoms with Gasteiger partial charge < -0.3 is 9.47 Å². The van der Waals surface area contributed by atoms with E-state index in [-0.39, 0.29) is 19.1 Å². The summed E-state index contributed by atoms with van der Waals surface area (Å²) < 4.78 is 74.7. The molecule has 3 rings (SSSR count). The molecule has 0 saturated carbocycles. The fraction of sp³-hybridized carbons (Fsp3) is 0.444. The average Bonchev–Trinajstić information content (AvgIpc) is 2.60. The normalized spacial score (nSPS) is 18.4. The highest BCUT2D eigenvalue weighted by atomic mass is 32.2. The van der Waals surface area contributed by atoms with Crippen molar-refractivity contribution >= 4 is 10.0 Å². The van der Waals surface area contributed by atoms with E-state index in [0.717, 1.165) is 16.4 Å². The molecule has 29 heavy (non-hydrogen) atoms. The molecule has 0 amide bonds. The van der Waals surface area contributed by atoms with Gasteiger partial charge >= 0.3 is 12.4 Å². The van der Waals surface area contributed by atoms with Gasteiger partial charge in [0.25, 0.3) is 0 Å². The molecule has 0 aliphatic carbocycles. The maximum Gasteiger partial charge on any atom is 0.573 e. The van der Waals surface area contributed by atoms with Gasteiger partial charge in [0, 0.05) is 17.9 Å². The second-order valence-corrected chi connectivity index (χ2v) is 8.58. The van der Waals surface area contributed by atoms with Crippen molar-refractivity contribution < 1.29 is 31.1 Å². The Bertz CT molecular complexity index is 962. The van der Waals surface area contributed by atoms with Gasteiger partial charge in [-0.2, -0.15) is 4.31 Å². The fourth-order valence-corrected chi connectivity index (χ4v) is 4.75. The SMILES string of the molecule is Cc1cc(C)nc(OC2CCCN(S(=O)(=O)c3ccccc3OC(F)(F)F)C2)n1. The molecule has 2 aromatic rings. The summed E-state index contributed by atoms with van der Waals surface area (Å²) in [5.41, 5.74) is 1.43.